The minimum atomic E-state index is 0.181. The molecular formula is C19H30N2O. The molecule has 1 aliphatic rings. The lowest BCUT2D eigenvalue weighted by atomic mass is 9.74. The summed E-state index contributed by atoms with van der Waals surface area (Å²) in [7, 11) is 4.39. The number of benzene rings is 1. The van der Waals surface area contributed by atoms with Gasteiger partial charge in [-0.05, 0) is 58.7 Å². The van der Waals surface area contributed by atoms with Crippen LogP contribution in [0.4, 0.5) is 0 Å². The van der Waals surface area contributed by atoms with Gasteiger partial charge < -0.3 is 10.2 Å². The normalized spacial score (nSPS) is 25.2. The second-order valence-corrected chi connectivity index (χ2v) is 6.98. The van der Waals surface area contributed by atoms with Crippen LogP contribution in [0.2, 0.25) is 0 Å². The number of hydrogen-bond donors (Lipinski definition) is 1. The van der Waals surface area contributed by atoms with Crippen LogP contribution >= 0.6 is 0 Å². The smallest absolute Gasteiger partial charge is 0.219 e. The molecule has 1 aromatic carbocycles. The Morgan fingerprint density at radius 1 is 1.23 bits per heavy atom. The van der Waals surface area contributed by atoms with Crippen LogP contribution in [0.5, 0.6) is 0 Å². The minimum absolute atomic E-state index is 0.181. The second-order valence-electron chi connectivity index (χ2n) is 6.98. The van der Waals surface area contributed by atoms with Crippen LogP contribution in [0.25, 0.3) is 0 Å². The van der Waals surface area contributed by atoms with Crippen LogP contribution in [-0.2, 0) is 11.2 Å². The largest absolute Gasteiger partial charge is 0.353 e. The van der Waals surface area contributed by atoms with Crippen molar-refractivity contribution in [1.29, 1.82) is 0 Å². The van der Waals surface area contributed by atoms with E-state index in [0.29, 0.717) is 12.5 Å². The molecule has 1 aromatic rings. The Hall–Kier alpha value is -1.35. The van der Waals surface area contributed by atoms with Gasteiger partial charge in [-0.25, -0.2) is 0 Å². The van der Waals surface area contributed by atoms with E-state index in [1.165, 1.54) is 11.1 Å². The molecule has 0 spiro atoms. The Morgan fingerprint density at radius 2 is 1.82 bits per heavy atom. The van der Waals surface area contributed by atoms with Crippen LogP contribution in [0.15, 0.2) is 24.3 Å². The van der Waals surface area contributed by atoms with Crippen LogP contribution in [0.1, 0.15) is 50.2 Å². The molecule has 1 fully saturated rings. The fourth-order valence-electron chi connectivity index (χ4n) is 3.50. The highest BCUT2D eigenvalue weighted by molar-refractivity contribution is 5.75. The van der Waals surface area contributed by atoms with Crippen molar-refractivity contribution >= 4 is 5.91 Å². The quantitative estimate of drug-likeness (QED) is 0.905. The van der Waals surface area contributed by atoms with Crippen molar-refractivity contribution in [3.05, 3.63) is 35.4 Å². The maximum atomic E-state index is 11.6. The zero-order valence-electron chi connectivity index (χ0n) is 14.5. The maximum Gasteiger partial charge on any atom is 0.219 e. The number of amides is 1. The summed E-state index contributed by atoms with van der Waals surface area (Å²) in [6.45, 7) is 4.05. The molecule has 1 amide bonds. The average molecular weight is 302 g/mol. The lowest BCUT2D eigenvalue weighted by Gasteiger charge is -2.45. The number of hydrogen-bond acceptors (Lipinski definition) is 2. The van der Waals surface area contributed by atoms with E-state index < -0.39 is 0 Å². The first kappa shape index (κ1) is 17.0. The van der Waals surface area contributed by atoms with Crippen molar-refractivity contribution in [2.45, 2.75) is 64.0 Å². The van der Waals surface area contributed by atoms with Gasteiger partial charge in [0.05, 0.1) is 0 Å². The lowest BCUT2D eigenvalue weighted by Crippen LogP contribution is -2.52. The van der Waals surface area contributed by atoms with E-state index >= 15 is 0 Å². The summed E-state index contributed by atoms with van der Waals surface area (Å²) in [5.41, 5.74) is 2.95. The Balaban J connectivity index is 2.02. The van der Waals surface area contributed by atoms with Crippen LogP contribution < -0.4 is 5.32 Å². The van der Waals surface area contributed by atoms with Crippen LogP contribution in [0.3, 0.4) is 0 Å². The van der Waals surface area contributed by atoms with E-state index in [2.05, 4.69) is 55.5 Å². The summed E-state index contributed by atoms with van der Waals surface area (Å²) < 4.78 is 0. The van der Waals surface area contributed by atoms with Crippen molar-refractivity contribution < 1.29 is 4.79 Å². The van der Waals surface area contributed by atoms with Gasteiger partial charge in [-0.15, -0.1) is 0 Å². The fraction of sp³-hybridized carbons (Fsp3) is 0.632. The predicted molar refractivity (Wildman–Crippen MR) is 92.0 cm³/mol. The van der Waals surface area contributed by atoms with E-state index in [9.17, 15) is 4.79 Å². The number of nitrogens with one attached hydrogen (secondary N) is 1. The highest BCUT2D eigenvalue weighted by atomic mass is 16.1. The monoisotopic (exact) mass is 302 g/mol. The number of carbonyl (C=O) groups is 1. The summed E-state index contributed by atoms with van der Waals surface area (Å²) in [6, 6.07) is 9.27. The lowest BCUT2D eigenvalue weighted by molar-refractivity contribution is -0.121. The van der Waals surface area contributed by atoms with Crippen molar-refractivity contribution in [1.82, 2.24) is 10.2 Å². The summed E-state index contributed by atoms with van der Waals surface area (Å²) in [4.78, 5) is 14.0. The molecule has 1 aliphatic carbocycles. The minimum Gasteiger partial charge on any atom is -0.353 e. The van der Waals surface area contributed by atoms with Crippen LogP contribution in [-0.4, -0.2) is 36.5 Å². The van der Waals surface area contributed by atoms with Crippen molar-refractivity contribution in [3.63, 3.8) is 0 Å². The third kappa shape index (κ3) is 4.10. The molecule has 1 N–H and O–H groups in total. The molecule has 3 heteroatoms. The SMILES string of the molecule is CCC(=O)NC1CCC(Cc2ccc(C)cc2)(N(C)C)CC1. The van der Waals surface area contributed by atoms with Crippen molar-refractivity contribution in [2.75, 3.05) is 14.1 Å². The molecular weight excluding hydrogens is 272 g/mol. The van der Waals surface area contributed by atoms with E-state index in [0.717, 1.165) is 32.1 Å². The predicted octanol–water partition coefficient (Wildman–Crippen LogP) is 3.31. The Kier molecular flexibility index (Phi) is 5.63. The third-order valence-electron chi connectivity index (χ3n) is 5.21. The highest BCUT2D eigenvalue weighted by Gasteiger charge is 2.37. The summed E-state index contributed by atoms with van der Waals surface area (Å²) >= 11 is 0. The molecule has 22 heavy (non-hydrogen) atoms. The van der Waals surface area contributed by atoms with Gasteiger partial charge in [-0.3, -0.25) is 4.79 Å². The number of likely N-dealkylation sites (N-methyl/N-ethyl adjacent to an activating group) is 1. The standard InChI is InChI=1S/C19H30N2O/c1-5-18(22)20-17-10-12-19(13-11-17,21(3)4)14-16-8-6-15(2)7-9-16/h6-9,17H,5,10-14H2,1-4H3,(H,20,22). The number of rotatable bonds is 5. The topological polar surface area (TPSA) is 32.3 Å². The van der Waals surface area contributed by atoms with Crippen molar-refractivity contribution in [2.24, 2.45) is 0 Å². The third-order valence-corrected chi connectivity index (χ3v) is 5.21. The number of aryl methyl sites for hydroxylation is 1. The first-order valence-corrected chi connectivity index (χ1v) is 8.47. The Bertz CT molecular complexity index is 485. The Morgan fingerprint density at radius 3 is 2.32 bits per heavy atom. The van der Waals surface area contributed by atoms with E-state index in [1.54, 1.807) is 0 Å². The molecule has 0 aliphatic heterocycles. The molecule has 0 saturated heterocycles. The molecule has 0 aromatic heterocycles. The maximum absolute atomic E-state index is 11.6. The molecule has 0 heterocycles. The molecule has 0 atom stereocenters. The van der Waals surface area contributed by atoms with Gasteiger partial charge >= 0.3 is 0 Å². The molecule has 0 unspecified atom stereocenters. The summed E-state index contributed by atoms with van der Waals surface area (Å²) in [5, 5.41) is 3.16. The van der Waals surface area contributed by atoms with Gasteiger partial charge in [0.25, 0.3) is 0 Å². The van der Waals surface area contributed by atoms with E-state index in [4.69, 9.17) is 0 Å². The number of carbonyl (C=O) groups excluding carboxylic acids is 1. The van der Waals surface area contributed by atoms with Gasteiger partial charge in [-0.1, -0.05) is 36.8 Å². The summed E-state index contributed by atoms with van der Waals surface area (Å²) in [5.74, 6) is 0.181. The molecule has 1 saturated carbocycles. The molecule has 3 nitrogen and oxygen atoms in total. The zero-order valence-corrected chi connectivity index (χ0v) is 14.5. The van der Waals surface area contributed by atoms with Gasteiger partial charge in [0, 0.05) is 18.0 Å². The van der Waals surface area contributed by atoms with Gasteiger partial charge in [0.2, 0.25) is 5.91 Å². The zero-order chi connectivity index (χ0) is 16.2. The average Bonchev–Trinajstić information content (AvgIpc) is 2.51. The Labute approximate surface area is 135 Å². The van der Waals surface area contributed by atoms with Crippen molar-refractivity contribution in [3.8, 4) is 0 Å². The van der Waals surface area contributed by atoms with Crippen LogP contribution in [0, 0.1) is 6.92 Å². The van der Waals surface area contributed by atoms with Gasteiger partial charge in [-0.2, -0.15) is 0 Å². The van der Waals surface area contributed by atoms with Gasteiger partial charge in [0.1, 0.15) is 0 Å². The molecule has 0 radical (unpaired) electrons. The van der Waals surface area contributed by atoms with E-state index in [1.807, 2.05) is 6.92 Å². The molecule has 0 bridgehead atoms. The highest BCUT2D eigenvalue weighted by Crippen LogP contribution is 2.35. The fourth-order valence-corrected chi connectivity index (χ4v) is 3.50. The molecule has 122 valence electrons. The molecule has 2 rings (SSSR count). The first-order chi connectivity index (χ1) is 10.4. The van der Waals surface area contributed by atoms with Gasteiger partial charge in [0.15, 0.2) is 0 Å². The van der Waals surface area contributed by atoms with E-state index in [-0.39, 0.29) is 11.4 Å². The number of nitrogens with zero attached hydrogens (tertiary/aromatic N) is 1. The first-order valence-electron chi connectivity index (χ1n) is 8.47. The summed E-state index contributed by atoms with van der Waals surface area (Å²) in [6.07, 6.45) is 6.12. The second kappa shape index (κ2) is 7.28.